The average Bonchev–Trinajstić information content (AvgIpc) is 2.48. The summed E-state index contributed by atoms with van der Waals surface area (Å²) >= 11 is 6.87. The van der Waals surface area contributed by atoms with Crippen LogP contribution >= 0.6 is 31.9 Å². The second-order valence-corrected chi connectivity index (χ2v) is 6.70. The number of ether oxygens (including phenoxy) is 1. The Morgan fingerprint density at radius 3 is 2.64 bits per heavy atom. The van der Waals surface area contributed by atoms with Crippen molar-refractivity contribution < 1.29 is 9.53 Å². The molecule has 0 saturated heterocycles. The van der Waals surface area contributed by atoms with Gasteiger partial charge in [-0.1, -0.05) is 28.9 Å². The number of carbonyl (C=O) groups is 1. The smallest absolute Gasteiger partial charge is 0.259 e. The van der Waals surface area contributed by atoms with Crippen LogP contribution in [0.3, 0.4) is 0 Å². The van der Waals surface area contributed by atoms with Crippen LogP contribution in [0.5, 0.6) is 5.75 Å². The molecular formula is C17H17Br2NO2. The van der Waals surface area contributed by atoms with Crippen molar-refractivity contribution in [3.8, 4) is 5.75 Å². The van der Waals surface area contributed by atoms with Gasteiger partial charge in [0.2, 0.25) is 0 Å². The molecule has 0 aliphatic rings. The Bertz CT molecular complexity index is 686. The largest absolute Gasteiger partial charge is 0.493 e. The van der Waals surface area contributed by atoms with Gasteiger partial charge in [0.25, 0.3) is 5.91 Å². The van der Waals surface area contributed by atoms with E-state index in [9.17, 15) is 4.79 Å². The van der Waals surface area contributed by atoms with Gasteiger partial charge in [0.1, 0.15) is 5.75 Å². The minimum atomic E-state index is -0.197. The zero-order chi connectivity index (χ0) is 16.1. The van der Waals surface area contributed by atoms with Gasteiger partial charge in [-0.3, -0.25) is 4.79 Å². The van der Waals surface area contributed by atoms with Gasteiger partial charge in [0.15, 0.2) is 0 Å². The molecule has 0 unspecified atom stereocenters. The highest BCUT2D eigenvalue weighted by Crippen LogP contribution is 2.27. The summed E-state index contributed by atoms with van der Waals surface area (Å²) in [6.07, 6.45) is 0.890. The zero-order valence-corrected chi connectivity index (χ0v) is 15.6. The number of carbonyl (C=O) groups excluding carboxylic acids is 1. The van der Waals surface area contributed by atoms with Crippen LogP contribution in [0.2, 0.25) is 0 Å². The van der Waals surface area contributed by atoms with Crippen LogP contribution in [0.1, 0.15) is 29.3 Å². The molecule has 1 amide bonds. The number of hydrogen-bond acceptors (Lipinski definition) is 2. The van der Waals surface area contributed by atoms with Crippen molar-refractivity contribution >= 4 is 43.5 Å². The van der Waals surface area contributed by atoms with E-state index in [0.717, 1.165) is 26.6 Å². The highest BCUT2D eigenvalue weighted by Gasteiger charge is 2.14. The number of rotatable bonds is 5. The first-order valence-corrected chi connectivity index (χ1v) is 8.59. The van der Waals surface area contributed by atoms with Crippen molar-refractivity contribution in [3.63, 3.8) is 0 Å². The van der Waals surface area contributed by atoms with Gasteiger partial charge >= 0.3 is 0 Å². The van der Waals surface area contributed by atoms with Crippen molar-refractivity contribution in [1.29, 1.82) is 0 Å². The minimum Gasteiger partial charge on any atom is -0.493 e. The molecule has 0 fully saturated rings. The van der Waals surface area contributed by atoms with E-state index in [1.807, 2.05) is 38.1 Å². The van der Waals surface area contributed by atoms with Gasteiger partial charge in [0.05, 0.1) is 17.9 Å². The lowest BCUT2D eigenvalue weighted by atomic mass is 10.1. The molecule has 0 radical (unpaired) electrons. The van der Waals surface area contributed by atoms with Crippen LogP contribution in [0.15, 0.2) is 45.3 Å². The lowest BCUT2D eigenvalue weighted by Gasteiger charge is -2.13. The Labute approximate surface area is 147 Å². The molecule has 22 heavy (non-hydrogen) atoms. The molecule has 0 saturated carbocycles. The molecular weight excluding hydrogens is 410 g/mol. The third-order valence-corrected chi connectivity index (χ3v) is 4.17. The summed E-state index contributed by atoms with van der Waals surface area (Å²) in [5.41, 5.74) is 2.37. The summed E-state index contributed by atoms with van der Waals surface area (Å²) in [6.45, 7) is 4.61. The van der Waals surface area contributed by atoms with Gasteiger partial charge in [-0.25, -0.2) is 0 Å². The average molecular weight is 427 g/mol. The van der Waals surface area contributed by atoms with E-state index < -0.39 is 0 Å². The van der Waals surface area contributed by atoms with Crippen molar-refractivity contribution in [2.75, 3.05) is 11.9 Å². The van der Waals surface area contributed by atoms with Gasteiger partial charge < -0.3 is 10.1 Å². The lowest BCUT2D eigenvalue weighted by molar-refractivity contribution is 0.102. The molecule has 0 aromatic heterocycles. The number of benzene rings is 2. The van der Waals surface area contributed by atoms with Crippen LogP contribution in [-0.4, -0.2) is 12.5 Å². The molecule has 116 valence electrons. The Morgan fingerprint density at radius 1 is 1.18 bits per heavy atom. The molecule has 0 spiro atoms. The molecule has 0 heterocycles. The summed E-state index contributed by atoms with van der Waals surface area (Å²) in [6, 6.07) is 11.2. The summed E-state index contributed by atoms with van der Waals surface area (Å²) in [5.74, 6) is 0.391. The van der Waals surface area contributed by atoms with Crippen LogP contribution in [0, 0.1) is 6.92 Å². The zero-order valence-electron chi connectivity index (χ0n) is 12.5. The fraction of sp³-hybridized carbons (Fsp3) is 0.235. The fourth-order valence-electron chi connectivity index (χ4n) is 1.93. The van der Waals surface area contributed by atoms with Gasteiger partial charge in [0, 0.05) is 8.95 Å². The molecule has 1 N–H and O–H groups in total. The molecule has 0 atom stereocenters. The topological polar surface area (TPSA) is 38.3 Å². The van der Waals surface area contributed by atoms with E-state index in [0.29, 0.717) is 17.9 Å². The number of aryl methyl sites for hydroxylation is 1. The monoisotopic (exact) mass is 425 g/mol. The molecule has 0 aliphatic heterocycles. The predicted octanol–water partition coefficient (Wildman–Crippen LogP) is 5.56. The Morgan fingerprint density at radius 2 is 1.95 bits per heavy atom. The maximum atomic E-state index is 12.6. The van der Waals surface area contributed by atoms with E-state index in [2.05, 4.69) is 37.2 Å². The number of amides is 1. The van der Waals surface area contributed by atoms with Crippen molar-refractivity contribution in [3.05, 3.63) is 56.5 Å². The summed E-state index contributed by atoms with van der Waals surface area (Å²) in [5, 5.41) is 2.91. The van der Waals surface area contributed by atoms with Crippen molar-refractivity contribution in [2.24, 2.45) is 0 Å². The van der Waals surface area contributed by atoms with E-state index in [-0.39, 0.29) is 5.91 Å². The first-order chi connectivity index (χ1) is 10.5. The van der Waals surface area contributed by atoms with Crippen LogP contribution in [0.25, 0.3) is 0 Å². The Balaban J connectivity index is 2.26. The second kappa shape index (κ2) is 7.79. The van der Waals surface area contributed by atoms with Crippen molar-refractivity contribution in [2.45, 2.75) is 20.3 Å². The first kappa shape index (κ1) is 17.0. The number of nitrogens with one attached hydrogen (secondary N) is 1. The second-order valence-electron chi connectivity index (χ2n) is 4.93. The van der Waals surface area contributed by atoms with Gasteiger partial charge in [-0.05, 0) is 65.2 Å². The molecule has 0 bridgehead atoms. The van der Waals surface area contributed by atoms with Crippen LogP contribution in [-0.2, 0) is 0 Å². The maximum absolute atomic E-state index is 12.6. The molecule has 0 aliphatic carbocycles. The minimum absolute atomic E-state index is 0.197. The molecule has 2 aromatic rings. The highest BCUT2D eigenvalue weighted by atomic mass is 79.9. The molecule has 3 nitrogen and oxygen atoms in total. The number of anilines is 1. The van der Waals surface area contributed by atoms with Crippen LogP contribution < -0.4 is 10.1 Å². The van der Waals surface area contributed by atoms with E-state index in [4.69, 9.17) is 4.74 Å². The van der Waals surface area contributed by atoms with E-state index >= 15 is 0 Å². The summed E-state index contributed by atoms with van der Waals surface area (Å²) in [7, 11) is 0. The number of hydrogen-bond donors (Lipinski definition) is 1. The lowest BCUT2D eigenvalue weighted by Crippen LogP contribution is -2.14. The predicted molar refractivity (Wildman–Crippen MR) is 96.8 cm³/mol. The van der Waals surface area contributed by atoms with Gasteiger partial charge in [-0.15, -0.1) is 0 Å². The van der Waals surface area contributed by atoms with Crippen molar-refractivity contribution in [1.82, 2.24) is 0 Å². The molecule has 2 rings (SSSR count). The fourth-order valence-corrected chi connectivity index (χ4v) is 2.88. The number of halogens is 2. The molecule has 5 heteroatoms. The summed E-state index contributed by atoms with van der Waals surface area (Å²) < 4.78 is 7.35. The summed E-state index contributed by atoms with van der Waals surface area (Å²) in [4.78, 5) is 12.6. The third-order valence-electron chi connectivity index (χ3n) is 3.02. The quantitative estimate of drug-likeness (QED) is 0.679. The highest BCUT2D eigenvalue weighted by molar-refractivity contribution is 9.10. The Hall–Kier alpha value is -1.33. The Kier molecular flexibility index (Phi) is 6.03. The van der Waals surface area contributed by atoms with Crippen LogP contribution in [0.4, 0.5) is 5.69 Å². The van der Waals surface area contributed by atoms with E-state index in [1.54, 1.807) is 12.1 Å². The third kappa shape index (κ3) is 4.34. The molecule has 2 aromatic carbocycles. The normalized spacial score (nSPS) is 10.4. The standard InChI is InChI=1S/C17H17Br2NO2/c1-3-8-22-16-7-5-12(18)10-13(16)17(21)20-15-6-4-11(2)9-14(15)19/h4-7,9-10H,3,8H2,1-2H3,(H,20,21). The first-order valence-electron chi connectivity index (χ1n) is 7.01. The SMILES string of the molecule is CCCOc1ccc(Br)cc1C(=O)Nc1ccc(C)cc1Br. The van der Waals surface area contributed by atoms with Gasteiger partial charge in [-0.2, -0.15) is 0 Å². The van der Waals surface area contributed by atoms with E-state index in [1.165, 1.54) is 0 Å². The maximum Gasteiger partial charge on any atom is 0.259 e.